The Hall–Kier alpha value is 0.613. The number of hydrogen-bond donors (Lipinski definition) is 0. The summed E-state index contributed by atoms with van der Waals surface area (Å²) in [4.78, 5) is 0. The first kappa shape index (κ1) is 8.61. The van der Waals surface area contributed by atoms with E-state index in [1.807, 2.05) is 0 Å². The van der Waals surface area contributed by atoms with Gasteiger partial charge in [-0.15, -0.1) is 0 Å². The maximum absolute atomic E-state index is 2.21. The quantitative estimate of drug-likeness (QED) is 0.497. The van der Waals surface area contributed by atoms with Gasteiger partial charge in [0, 0.05) is 0 Å². The first-order valence-electron chi connectivity index (χ1n) is 2.24. The van der Waals surface area contributed by atoms with Crippen LogP contribution in [0.1, 0.15) is 5.56 Å². The molecule has 0 aliphatic heterocycles. The second kappa shape index (κ2) is 4.49. The van der Waals surface area contributed by atoms with E-state index in [-0.39, 0.29) is 12.4 Å². The summed E-state index contributed by atoms with van der Waals surface area (Å²) in [6.07, 6.45) is 0. The van der Waals surface area contributed by atoms with Gasteiger partial charge in [-0.05, 0) is 0 Å². The van der Waals surface area contributed by atoms with E-state index in [0.717, 1.165) is 0 Å². The summed E-state index contributed by atoms with van der Waals surface area (Å²) in [5.74, 6) is 0. The molecule has 0 N–H and O–H groups in total. The molecule has 0 saturated heterocycles. The van der Waals surface area contributed by atoms with Gasteiger partial charge >= 0.3 is 57.0 Å². The summed E-state index contributed by atoms with van der Waals surface area (Å²) in [5.41, 5.74) is 1.50. The molecule has 0 aliphatic rings. The summed E-state index contributed by atoms with van der Waals surface area (Å²) in [5, 5.41) is 5.64. The zero-order valence-corrected chi connectivity index (χ0v) is 8.97. The fourth-order valence-electron chi connectivity index (χ4n) is 0.435. The molecule has 0 bridgehead atoms. The van der Waals surface area contributed by atoms with Crippen molar-refractivity contribution in [2.24, 2.45) is 0 Å². The van der Waals surface area contributed by atoms with Crippen LogP contribution in [0.3, 0.4) is 0 Å². The van der Waals surface area contributed by atoms with E-state index in [9.17, 15) is 0 Å². The summed E-state index contributed by atoms with van der Waals surface area (Å²) < 4.78 is 0. The molecule has 1 heterocycles. The SMILES string of the molecule is [Cl-].[Zn+][CH2]c1ccsc1. The Morgan fingerprint density at radius 1 is 1.62 bits per heavy atom. The van der Waals surface area contributed by atoms with E-state index >= 15 is 0 Å². The van der Waals surface area contributed by atoms with Crippen molar-refractivity contribution in [3.8, 4) is 0 Å². The van der Waals surface area contributed by atoms with Crippen LogP contribution in [0.15, 0.2) is 16.8 Å². The number of hydrogen-bond acceptors (Lipinski definition) is 1. The van der Waals surface area contributed by atoms with Crippen molar-refractivity contribution in [3.63, 3.8) is 0 Å². The van der Waals surface area contributed by atoms with Crippen LogP contribution in [0.2, 0.25) is 0 Å². The molecule has 0 amide bonds. The fourth-order valence-corrected chi connectivity index (χ4v) is 2.23. The van der Waals surface area contributed by atoms with E-state index < -0.39 is 0 Å². The summed E-state index contributed by atoms with van der Waals surface area (Å²) in [6.45, 7) is 0. The Balaban J connectivity index is 0.000000490. The van der Waals surface area contributed by atoms with E-state index in [0.29, 0.717) is 0 Å². The standard InChI is InChI=1S/C5H5S.ClH.Zn/c1-5-2-3-6-4-5;;/h2-4H,1H2;1H;/q;;+1/p-1. The van der Waals surface area contributed by atoms with E-state index in [2.05, 4.69) is 16.8 Å². The molecule has 1 aromatic rings. The third-order valence-corrected chi connectivity index (χ3v) is 2.81. The molecule has 0 unspecified atom stereocenters. The van der Waals surface area contributed by atoms with Crippen LogP contribution < -0.4 is 12.4 Å². The van der Waals surface area contributed by atoms with Crippen molar-refractivity contribution >= 4 is 11.3 Å². The Morgan fingerprint density at radius 3 is 2.62 bits per heavy atom. The molecule has 0 aromatic carbocycles. The Bertz CT molecular complexity index is 127. The molecule has 0 atom stereocenters. The first-order valence-corrected chi connectivity index (χ1v) is 5.28. The van der Waals surface area contributed by atoms with Crippen molar-refractivity contribution in [2.75, 3.05) is 0 Å². The Morgan fingerprint density at radius 2 is 2.38 bits per heavy atom. The topological polar surface area (TPSA) is 0 Å². The molecule has 0 spiro atoms. The Labute approximate surface area is 69.4 Å². The molecule has 40 valence electrons. The van der Waals surface area contributed by atoms with Crippen molar-refractivity contribution in [2.45, 2.75) is 5.02 Å². The molecular formula is C5H5ClSZn. The van der Waals surface area contributed by atoms with Crippen LogP contribution in [-0.2, 0) is 23.3 Å². The normalized spacial score (nSPS) is 8.25. The van der Waals surface area contributed by atoms with Gasteiger partial charge in [0.25, 0.3) is 0 Å². The zero-order chi connectivity index (χ0) is 5.11. The number of halogens is 1. The van der Waals surface area contributed by atoms with Gasteiger partial charge in [-0.3, -0.25) is 0 Å². The molecule has 0 saturated carbocycles. The number of rotatable bonds is 1. The van der Waals surface area contributed by atoms with Gasteiger partial charge in [-0.1, -0.05) is 0 Å². The predicted molar refractivity (Wildman–Crippen MR) is 28.0 cm³/mol. The summed E-state index contributed by atoms with van der Waals surface area (Å²) >= 11 is 3.17. The van der Waals surface area contributed by atoms with Crippen molar-refractivity contribution in [1.82, 2.24) is 0 Å². The molecule has 0 aliphatic carbocycles. The minimum atomic E-state index is 0. The molecule has 1 rings (SSSR count). The van der Waals surface area contributed by atoms with Gasteiger partial charge in [-0.25, -0.2) is 0 Å². The predicted octanol–water partition coefficient (Wildman–Crippen LogP) is -1.20. The van der Waals surface area contributed by atoms with Crippen LogP contribution in [0.4, 0.5) is 0 Å². The molecule has 0 nitrogen and oxygen atoms in total. The van der Waals surface area contributed by atoms with Gasteiger partial charge in [0.1, 0.15) is 0 Å². The third kappa shape index (κ3) is 2.25. The monoisotopic (exact) mass is 196 g/mol. The third-order valence-electron chi connectivity index (χ3n) is 0.869. The number of thiophene rings is 1. The van der Waals surface area contributed by atoms with Gasteiger partial charge in [0.05, 0.1) is 0 Å². The molecule has 0 radical (unpaired) electrons. The van der Waals surface area contributed by atoms with Gasteiger partial charge in [-0.2, -0.15) is 0 Å². The molecule has 1 aromatic heterocycles. The van der Waals surface area contributed by atoms with Crippen LogP contribution in [0.25, 0.3) is 0 Å². The average molecular weight is 198 g/mol. The molecule has 3 heteroatoms. The molecular weight excluding hydrogens is 193 g/mol. The van der Waals surface area contributed by atoms with E-state index in [4.69, 9.17) is 0 Å². The van der Waals surface area contributed by atoms with Crippen LogP contribution in [0.5, 0.6) is 0 Å². The van der Waals surface area contributed by atoms with E-state index in [1.54, 1.807) is 11.3 Å². The Kier molecular flexibility index (Phi) is 4.83. The van der Waals surface area contributed by atoms with Gasteiger partial charge in [0.2, 0.25) is 0 Å². The summed E-state index contributed by atoms with van der Waals surface area (Å²) in [6, 6.07) is 2.19. The average Bonchev–Trinajstić information content (AvgIpc) is 2.14. The van der Waals surface area contributed by atoms with Crippen molar-refractivity contribution in [3.05, 3.63) is 22.4 Å². The maximum atomic E-state index is 2.21. The summed E-state index contributed by atoms with van der Waals surface area (Å²) in [7, 11) is 0. The first-order chi connectivity index (χ1) is 3.43. The van der Waals surface area contributed by atoms with Crippen LogP contribution in [0, 0.1) is 0 Å². The molecule has 0 fully saturated rings. The fraction of sp³-hybridized carbons (Fsp3) is 0.200. The zero-order valence-electron chi connectivity index (χ0n) is 4.43. The molecule has 8 heavy (non-hydrogen) atoms. The second-order valence-corrected chi connectivity index (χ2v) is 3.21. The van der Waals surface area contributed by atoms with Crippen molar-refractivity contribution < 1.29 is 30.7 Å². The van der Waals surface area contributed by atoms with Crippen LogP contribution in [-0.4, -0.2) is 0 Å². The minimum absolute atomic E-state index is 0. The van der Waals surface area contributed by atoms with Crippen LogP contribution >= 0.6 is 11.3 Å². The van der Waals surface area contributed by atoms with Crippen molar-refractivity contribution in [1.29, 1.82) is 0 Å². The van der Waals surface area contributed by atoms with Gasteiger partial charge in [0.15, 0.2) is 0 Å². The van der Waals surface area contributed by atoms with E-state index in [1.165, 1.54) is 28.9 Å². The van der Waals surface area contributed by atoms with Gasteiger partial charge < -0.3 is 12.4 Å². The second-order valence-electron chi connectivity index (χ2n) is 1.38.